The lowest BCUT2D eigenvalue weighted by Gasteiger charge is -2.44. The average Bonchev–Trinajstić information content (AvgIpc) is 2.47. The predicted octanol–water partition coefficient (Wildman–Crippen LogP) is 3.68. The van der Waals surface area contributed by atoms with Crippen molar-refractivity contribution in [3.05, 3.63) is 59.3 Å². The van der Waals surface area contributed by atoms with Gasteiger partial charge in [0.2, 0.25) is 0 Å². The lowest BCUT2D eigenvalue weighted by atomic mass is 9.95. The van der Waals surface area contributed by atoms with Gasteiger partial charge in [0.25, 0.3) is 0 Å². The molecule has 5 heteroatoms. The van der Waals surface area contributed by atoms with Crippen molar-refractivity contribution in [2.75, 3.05) is 7.05 Å². The van der Waals surface area contributed by atoms with Crippen LogP contribution in [0, 0.1) is 17.6 Å². The Labute approximate surface area is 135 Å². The van der Waals surface area contributed by atoms with Gasteiger partial charge in [-0.15, -0.1) is 0 Å². The van der Waals surface area contributed by atoms with E-state index >= 15 is 0 Å². The molecule has 1 aromatic carbocycles. The van der Waals surface area contributed by atoms with E-state index in [-0.39, 0.29) is 29.9 Å². The molecule has 0 saturated heterocycles. The van der Waals surface area contributed by atoms with E-state index in [1.165, 1.54) is 19.1 Å². The molecule has 0 aromatic heterocycles. The summed E-state index contributed by atoms with van der Waals surface area (Å²) in [4.78, 5) is 11.9. The van der Waals surface area contributed by atoms with Gasteiger partial charge in [-0.3, -0.25) is 4.79 Å². The molecule has 0 radical (unpaired) electrons. The van der Waals surface area contributed by atoms with Gasteiger partial charge in [-0.1, -0.05) is 38.6 Å². The van der Waals surface area contributed by atoms with Crippen LogP contribution in [0.5, 0.6) is 0 Å². The van der Waals surface area contributed by atoms with Gasteiger partial charge in [-0.2, -0.15) is 0 Å². The van der Waals surface area contributed by atoms with Crippen LogP contribution in [-0.4, -0.2) is 28.9 Å². The lowest BCUT2D eigenvalue weighted by Crippen LogP contribution is -2.50. The van der Waals surface area contributed by atoms with E-state index in [0.717, 1.165) is 6.07 Å². The van der Waals surface area contributed by atoms with E-state index in [2.05, 4.69) is 6.58 Å². The molecule has 3 nitrogen and oxygen atoms in total. The summed E-state index contributed by atoms with van der Waals surface area (Å²) in [7, 11) is 1.86. The molecule has 0 aliphatic carbocycles. The topological polar surface area (TPSA) is 23.6 Å². The molecule has 0 fully saturated rings. The number of ketones is 1. The minimum Gasteiger partial charge on any atom is -0.301 e. The highest BCUT2D eigenvalue weighted by Gasteiger charge is 2.32. The Morgan fingerprint density at radius 3 is 2.57 bits per heavy atom. The second kappa shape index (κ2) is 6.62. The minimum atomic E-state index is -0.879. The molecule has 1 unspecified atom stereocenters. The van der Waals surface area contributed by atoms with Crippen LogP contribution in [0.15, 0.2) is 42.1 Å². The molecule has 1 aliphatic heterocycles. The first-order valence-corrected chi connectivity index (χ1v) is 7.59. The zero-order chi connectivity index (χ0) is 17.3. The quantitative estimate of drug-likeness (QED) is 0.845. The van der Waals surface area contributed by atoms with Gasteiger partial charge in [0.05, 0.1) is 18.3 Å². The Morgan fingerprint density at radius 2 is 2.00 bits per heavy atom. The normalized spacial score (nSPS) is 19.3. The van der Waals surface area contributed by atoms with Crippen molar-refractivity contribution in [3.63, 3.8) is 0 Å². The Morgan fingerprint density at radius 1 is 1.35 bits per heavy atom. The van der Waals surface area contributed by atoms with Crippen LogP contribution in [0.25, 0.3) is 0 Å². The number of Topliss-reactive ketones (excluding diaryl/α,β-unsaturated/α-hetero) is 1. The number of halogens is 2. The molecule has 0 saturated carbocycles. The molecule has 0 amide bonds. The molecule has 0 spiro atoms. The van der Waals surface area contributed by atoms with Crippen molar-refractivity contribution < 1.29 is 13.6 Å². The van der Waals surface area contributed by atoms with E-state index in [4.69, 9.17) is 0 Å². The van der Waals surface area contributed by atoms with E-state index in [1.54, 1.807) is 5.01 Å². The predicted molar refractivity (Wildman–Crippen MR) is 86.2 cm³/mol. The molecule has 0 bridgehead atoms. The van der Waals surface area contributed by atoms with Crippen LogP contribution in [0.1, 0.15) is 26.3 Å². The van der Waals surface area contributed by atoms with Crippen LogP contribution in [0.2, 0.25) is 0 Å². The number of likely N-dealkylation sites (N-methyl/N-ethyl adjacent to an activating group) is 1. The third kappa shape index (κ3) is 3.34. The Balaban J connectivity index is 2.40. The van der Waals surface area contributed by atoms with Crippen molar-refractivity contribution >= 4 is 5.78 Å². The zero-order valence-electron chi connectivity index (χ0n) is 13.9. The van der Waals surface area contributed by atoms with Gasteiger partial charge in [-0.05, 0) is 18.9 Å². The standard InChI is InChI=1S/C18H22F2N2O/c1-11(2)17-9-15(13(4)23)12(3)22(21(17)5)10-14-7-6-8-16(19)18(14)20/h6-9,11,17H,3,10H2,1-2,4-5H3. The molecule has 1 atom stereocenters. The first-order valence-electron chi connectivity index (χ1n) is 7.59. The van der Waals surface area contributed by atoms with Crippen molar-refractivity contribution in [2.45, 2.75) is 33.4 Å². The smallest absolute Gasteiger partial charge is 0.163 e. The average molecular weight is 320 g/mol. The lowest BCUT2D eigenvalue weighted by molar-refractivity contribution is -0.114. The first-order chi connectivity index (χ1) is 10.7. The van der Waals surface area contributed by atoms with Gasteiger partial charge in [-0.25, -0.2) is 13.8 Å². The molecule has 1 aromatic rings. The number of carbonyl (C=O) groups excluding carboxylic acids is 1. The first kappa shape index (κ1) is 17.3. The van der Waals surface area contributed by atoms with Crippen LogP contribution < -0.4 is 0 Å². The molecular formula is C18H22F2N2O. The van der Waals surface area contributed by atoms with Crippen molar-refractivity contribution in [3.8, 4) is 0 Å². The molecule has 124 valence electrons. The van der Waals surface area contributed by atoms with Crippen molar-refractivity contribution in [1.29, 1.82) is 0 Å². The monoisotopic (exact) mass is 320 g/mol. The van der Waals surface area contributed by atoms with Gasteiger partial charge in [0.15, 0.2) is 17.4 Å². The fraction of sp³-hybridized carbons (Fsp3) is 0.389. The van der Waals surface area contributed by atoms with Crippen LogP contribution in [0.4, 0.5) is 8.78 Å². The van der Waals surface area contributed by atoms with Gasteiger partial charge >= 0.3 is 0 Å². The number of hydrazine groups is 1. The number of allylic oxidation sites excluding steroid dienone is 1. The summed E-state index contributed by atoms with van der Waals surface area (Å²) < 4.78 is 27.4. The number of hydrogen-bond acceptors (Lipinski definition) is 3. The molecule has 1 aliphatic rings. The summed E-state index contributed by atoms with van der Waals surface area (Å²) in [5.74, 6) is -1.58. The second-order valence-corrected chi connectivity index (χ2v) is 6.16. The fourth-order valence-corrected chi connectivity index (χ4v) is 2.85. The van der Waals surface area contributed by atoms with Crippen LogP contribution in [-0.2, 0) is 11.3 Å². The van der Waals surface area contributed by atoms with E-state index < -0.39 is 11.6 Å². The molecule has 0 N–H and O–H groups in total. The van der Waals surface area contributed by atoms with Crippen molar-refractivity contribution in [2.24, 2.45) is 5.92 Å². The third-order valence-electron chi connectivity index (χ3n) is 4.19. The number of nitrogens with zero attached hydrogens (tertiary/aromatic N) is 2. The molecule has 23 heavy (non-hydrogen) atoms. The number of carbonyl (C=O) groups is 1. The van der Waals surface area contributed by atoms with Gasteiger partial charge < -0.3 is 5.01 Å². The largest absolute Gasteiger partial charge is 0.301 e. The summed E-state index contributed by atoms with van der Waals surface area (Å²) >= 11 is 0. The zero-order valence-corrected chi connectivity index (χ0v) is 13.9. The van der Waals surface area contributed by atoms with Crippen molar-refractivity contribution in [1.82, 2.24) is 10.0 Å². The van der Waals surface area contributed by atoms with Gasteiger partial charge in [0.1, 0.15) is 0 Å². The Bertz CT molecular complexity index is 667. The highest BCUT2D eigenvalue weighted by atomic mass is 19.2. The summed E-state index contributed by atoms with van der Waals surface area (Å²) in [5, 5.41) is 3.66. The van der Waals surface area contributed by atoms with E-state index in [1.807, 2.05) is 32.0 Å². The summed E-state index contributed by atoms with van der Waals surface area (Å²) in [6, 6.07) is 4.08. The Hall–Kier alpha value is -2.01. The minimum absolute atomic E-state index is 0.0176. The molecule has 1 heterocycles. The maximum absolute atomic E-state index is 14.0. The summed E-state index contributed by atoms with van der Waals surface area (Å²) in [6.07, 6.45) is 1.90. The fourth-order valence-electron chi connectivity index (χ4n) is 2.85. The number of benzene rings is 1. The summed E-state index contributed by atoms with van der Waals surface area (Å²) in [5.41, 5.74) is 1.25. The number of hydrogen-bond donors (Lipinski definition) is 0. The molecular weight excluding hydrogens is 298 g/mol. The summed E-state index contributed by atoms with van der Waals surface area (Å²) in [6.45, 7) is 9.67. The maximum atomic E-state index is 14.0. The molecule has 2 rings (SSSR count). The van der Waals surface area contributed by atoms with Crippen LogP contribution >= 0.6 is 0 Å². The SMILES string of the molecule is C=C1C(C(C)=O)=CC(C(C)C)N(C)N1Cc1cccc(F)c1F. The Kier molecular flexibility index (Phi) is 5.00. The van der Waals surface area contributed by atoms with Gasteiger partial charge in [0, 0.05) is 18.2 Å². The highest BCUT2D eigenvalue weighted by Crippen LogP contribution is 2.30. The van der Waals surface area contributed by atoms with E-state index in [0.29, 0.717) is 11.3 Å². The van der Waals surface area contributed by atoms with Crippen LogP contribution in [0.3, 0.4) is 0 Å². The maximum Gasteiger partial charge on any atom is 0.163 e. The third-order valence-corrected chi connectivity index (χ3v) is 4.19. The highest BCUT2D eigenvalue weighted by molar-refractivity contribution is 5.97. The van der Waals surface area contributed by atoms with E-state index in [9.17, 15) is 13.6 Å². The second-order valence-electron chi connectivity index (χ2n) is 6.16. The number of rotatable bonds is 4.